The van der Waals surface area contributed by atoms with E-state index in [4.69, 9.17) is 5.11 Å². The summed E-state index contributed by atoms with van der Waals surface area (Å²) in [6.45, 7) is 3.59. The molecule has 2 rings (SSSR count). The molecule has 0 aliphatic carbocycles. The maximum absolute atomic E-state index is 10.8. The van der Waals surface area contributed by atoms with E-state index in [0.29, 0.717) is 5.56 Å². The van der Waals surface area contributed by atoms with Crippen molar-refractivity contribution in [3.8, 4) is 6.07 Å². The van der Waals surface area contributed by atoms with Crippen LogP contribution >= 0.6 is 0 Å². The Labute approximate surface area is 113 Å². The standard InChI is InChI=1S/C15H18N2O2/c1-11-4-5-14(13(7-11)9-16)17-6-2-3-12(10-17)8-15(18)19/h4-5,7,12H,2-3,6,8,10H2,1H3,(H,18,19). The molecular formula is C15H18N2O2. The lowest BCUT2D eigenvalue weighted by molar-refractivity contribution is -0.138. The second-order valence-electron chi connectivity index (χ2n) is 5.18. The fraction of sp³-hybridized carbons (Fsp3) is 0.467. The highest BCUT2D eigenvalue weighted by Crippen LogP contribution is 2.28. The molecule has 1 heterocycles. The van der Waals surface area contributed by atoms with Crippen LogP contribution in [0.3, 0.4) is 0 Å². The Kier molecular flexibility index (Phi) is 4.06. The lowest BCUT2D eigenvalue weighted by Gasteiger charge is -2.34. The van der Waals surface area contributed by atoms with Gasteiger partial charge in [0.1, 0.15) is 6.07 Å². The SMILES string of the molecule is Cc1ccc(N2CCCC(CC(=O)O)C2)c(C#N)c1. The molecule has 1 aromatic rings. The number of carbonyl (C=O) groups is 1. The third-order valence-electron chi connectivity index (χ3n) is 3.60. The lowest BCUT2D eigenvalue weighted by atomic mass is 9.94. The van der Waals surface area contributed by atoms with Crippen LogP contribution in [0.25, 0.3) is 0 Å². The van der Waals surface area contributed by atoms with Crippen LogP contribution in [0.15, 0.2) is 18.2 Å². The van der Waals surface area contributed by atoms with Gasteiger partial charge in [-0.1, -0.05) is 6.07 Å². The number of nitriles is 1. The van der Waals surface area contributed by atoms with Crippen molar-refractivity contribution in [2.75, 3.05) is 18.0 Å². The highest BCUT2D eigenvalue weighted by Gasteiger charge is 2.23. The Bertz CT molecular complexity index is 519. The van der Waals surface area contributed by atoms with Gasteiger partial charge in [0.15, 0.2) is 0 Å². The number of aryl methyl sites for hydroxylation is 1. The average molecular weight is 258 g/mol. The summed E-state index contributed by atoms with van der Waals surface area (Å²) < 4.78 is 0. The van der Waals surface area contributed by atoms with E-state index in [1.807, 2.05) is 25.1 Å². The van der Waals surface area contributed by atoms with Crippen LogP contribution in [-0.2, 0) is 4.79 Å². The zero-order valence-electron chi connectivity index (χ0n) is 11.1. The van der Waals surface area contributed by atoms with Crippen LogP contribution in [0.5, 0.6) is 0 Å². The predicted octanol–water partition coefficient (Wildman–Crippen LogP) is 2.56. The Balaban J connectivity index is 2.17. The molecule has 0 spiro atoms. The van der Waals surface area contributed by atoms with Gasteiger partial charge in [-0.2, -0.15) is 5.26 Å². The van der Waals surface area contributed by atoms with Gasteiger partial charge < -0.3 is 10.0 Å². The van der Waals surface area contributed by atoms with Crippen LogP contribution in [0.1, 0.15) is 30.4 Å². The first-order valence-electron chi connectivity index (χ1n) is 6.57. The lowest BCUT2D eigenvalue weighted by Crippen LogP contribution is -2.36. The van der Waals surface area contributed by atoms with Gasteiger partial charge in [0.05, 0.1) is 11.3 Å². The highest BCUT2D eigenvalue weighted by atomic mass is 16.4. The Morgan fingerprint density at radius 3 is 3.05 bits per heavy atom. The number of nitrogens with zero attached hydrogens (tertiary/aromatic N) is 2. The van der Waals surface area contributed by atoms with Crippen LogP contribution in [0, 0.1) is 24.2 Å². The number of aliphatic carboxylic acids is 1. The van der Waals surface area contributed by atoms with Crippen molar-refractivity contribution in [3.05, 3.63) is 29.3 Å². The summed E-state index contributed by atoms with van der Waals surface area (Å²) >= 11 is 0. The molecule has 4 heteroatoms. The van der Waals surface area contributed by atoms with E-state index in [1.54, 1.807) is 0 Å². The van der Waals surface area contributed by atoms with E-state index < -0.39 is 5.97 Å². The quantitative estimate of drug-likeness (QED) is 0.905. The van der Waals surface area contributed by atoms with E-state index in [0.717, 1.165) is 37.2 Å². The summed E-state index contributed by atoms with van der Waals surface area (Å²) in [4.78, 5) is 13.0. The third-order valence-corrected chi connectivity index (χ3v) is 3.60. The van der Waals surface area contributed by atoms with Crippen molar-refractivity contribution in [3.63, 3.8) is 0 Å². The molecule has 0 saturated carbocycles. The molecule has 1 atom stereocenters. The molecule has 4 nitrogen and oxygen atoms in total. The highest BCUT2D eigenvalue weighted by molar-refractivity contribution is 5.67. The average Bonchev–Trinajstić information content (AvgIpc) is 2.38. The minimum atomic E-state index is -0.740. The summed E-state index contributed by atoms with van der Waals surface area (Å²) in [6, 6.07) is 8.08. The van der Waals surface area contributed by atoms with Crippen molar-refractivity contribution in [2.45, 2.75) is 26.2 Å². The number of carboxylic acid groups (broad SMARTS) is 1. The molecule has 1 aliphatic heterocycles. The number of benzene rings is 1. The van der Waals surface area contributed by atoms with Gasteiger partial charge >= 0.3 is 5.97 Å². The largest absolute Gasteiger partial charge is 0.481 e. The van der Waals surface area contributed by atoms with Gasteiger partial charge in [0, 0.05) is 19.5 Å². The minimum Gasteiger partial charge on any atom is -0.481 e. The van der Waals surface area contributed by atoms with Gasteiger partial charge in [-0.3, -0.25) is 4.79 Å². The number of carboxylic acids is 1. The number of anilines is 1. The topological polar surface area (TPSA) is 64.3 Å². The molecule has 19 heavy (non-hydrogen) atoms. The number of rotatable bonds is 3. The maximum atomic E-state index is 10.8. The van der Waals surface area contributed by atoms with Crippen molar-refractivity contribution < 1.29 is 9.90 Å². The van der Waals surface area contributed by atoms with E-state index in [-0.39, 0.29) is 12.3 Å². The monoisotopic (exact) mass is 258 g/mol. The maximum Gasteiger partial charge on any atom is 0.303 e. The zero-order chi connectivity index (χ0) is 13.8. The molecular weight excluding hydrogens is 240 g/mol. The van der Waals surface area contributed by atoms with Crippen LogP contribution < -0.4 is 4.90 Å². The summed E-state index contributed by atoms with van der Waals surface area (Å²) in [7, 11) is 0. The summed E-state index contributed by atoms with van der Waals surface area (Å²) in [5.41, 5.74) is 2.68. The van der Waals surface area contributed by atoms with E-state index in [1.165, 1.54) is 0 Å². The summed E-state index contributed by atoms with van der Waals surface area (Å²) in [5, 5.41) is 18.1. The first-order chi connectivity index (χ1) is 9.10. The third kappa shape index (κ3) is 3.25. The summed E-state index contributed by atoms with van der Waals surface area (Å²) in [5.74, 6) is -0.560. The van der Waals surface area contributed by atoms with E-state index in [2.05, 4.69) is 11.0 Å². The van der Waals surface area contributed by atoms with Gasteiger partial charge in [-0.15, -0.1) is 0 Å². The van der Waals surface area contributed by atoms with E-state index in [9.17, 15) is 10.1 Å². The second-order valence-corrected chi connectivity index (χ2v) is 5.18. The molecule has 100 valence electrons. The van der Waals surface area contributed by atoms with Crippen LogP contribution in [0.4, 0.5) is 5.69 Å². The molecule has 1 saturated heterocycles. The number of hydrogen-bond donors (Lipinski definition) is 1. The fourth-order valence-corrected chi connectivity index (χ4v) is 2.71. The van der Waals surface area contributed by atoms with Crippen molar-refractivity contribution in [1.82, 2.24) is 0 Å². The first kappa shape index (κ1) is 13.4. The zero-order valence-corrected chi connectivity index (χ0v) is 11.1. The molecule has 0 radical (unpaired) electrons. The molecule has 0 bridgehead atoms. The van der Waals surface area contributed by atoms with Crippen molar-refractivity contribution >= 4 is 11.7 Å². The molecule has 1 aromatic carbocycles. The van der Waals surface area contributed by atoms with Crippen molar-refractivity contribution in [2.24, 2.45) is 5.92 Å². The number of piperidine rings is 1. The Morgan fingerprint density at radius 2 is 2.37 bits per heavy atom. The molecule has 0 amide bonds. The van der Waals surface area contributed by atoms with Crippen molar-refractivity contribution in [1.29, 1.82) is 5.26 Å². The van der Waals surface area contributed by atoms with Gasteiger partial charge in [-0.25, -0.2) is 0 Å². The second kappa shape index (κ2) is 5.75. The molecule has 1 unspecified atom stereocenters. The van der Waals surface area contributed by atoms with Gasteiger partial charge in [0.2, 0.25) is 0 Å². The number of hydrogen-bond acceptors (Lipinski definition) is 3. The molecule has 1 aliphatic rings. The van der Waals surface area contributed by atoms with Crippen LogP contribution in [0.2, 0.25) is 0 Å². The molecule has 1 N–H and O–H groups in total. The fourth-order valence-electron chi connectivity index (χ4n) is 2.71. The summed E-state index contributed by atoms with van der Waals surface area (Å²) in [6.07, 6.45) is 2.15. The molecule has 1 fully saturated rings. The predicted molar refractivity (Wildman–Crippen MR) is 73.1 cm³/mol. The Hall–Kier alpha value is -2.02. The minimum absolute atomic E-state index is 0.180. The smallest absolute Gasteiger partial charge is 0.303 e. The normalized spacial score (nSPS) is 18.9. The van der Waals surface area contributed by atoms with Crippen LogP contribution in [-0.4, -0.2) is 24.2 Å². The molecule has 0 aromatic heterocycles. The van der Waals surface area contributed by atoms with Gasteiger partial charge in [0.25, 0.3) is 0 Å². The first-order valence-corrected chi connectivity index (χ1v) is 6.57. The van der Waals surface area contributed by atoms with E-state index >= 15 is 0 Å². The Morgan fingerprint density at radius 1 is 1.58 bits per heavy atom. The van der Waals surface area contributed by atoms with Gasteiger partial charge in [-0.05, 0) is 43.4 Å².